The van der Waals surface area contributed by atoms with Crippen LogP contribution in [0.2, 0.25) is 0 Å². The van der Waals surface area contributed by atoms with E-state index in [9.17, 15) is 8.42 Å². The van der Waals surface area contributed by atoms with Crippen LogP contribution in [0, 0.1) is 0 Å². The van der Waals surface area contributed by atoms with Crippen molar-refractivity contribution in [2.24, 2.45) is 0 Å². The van der Waals surface area contributed by atoms with Crippen LogP contribution >= 0.6 is 11.8 Å². The van der Waals surface area contributed by atoms with Crippen molar-refractivity contribution >= 4 is 22.0 Å². The highest BCUT2D eigenvalue weighted by Gasteiger charge is 2.53. The van der Waals surface area contributed by atoms with Crippen LogP contribution in [0.5, 0.6) is 0 Å². The molecular weight excluding hydrogens is 248 g/mol. The molecule has 1 atom stereocenters. The molecule has 0 radical (unpaired) electrons. The van der Waals surface area contributed by atoms with Crippen LogP contribution in [-0.2, 0) is 14.9 Å². The minimum absolute atomic E-state index is 0.115. The molecule has 0 aromatic carbocycles. The molecule has 2 aliphatic heterocycles. The smallest absolute Gasteiger partial charge is 0.281 e. The van der Waals surface area contributed by atoms with E-state index < -0.39 is 10.2 Å². The van der Waals surface area contributed by atoms with Gasteiger partial charge in [-0.3, -0.25) is 0 Å². The summed E-state index contributed by atoms with van der Waals surface area (Å²) in [6.45, 7) is 1.25. The number of ether oxygens (including phenoxy) is 1. The number of rotatable bonds is 3. The predicted molar refractivity (Wildman–Crippen MR) is 64.8 cm³/mol. The zero-order valence-corrected chi connectivity index (χ0v) is 11.5. The van der Waals surface area contributed by atoms with E-state index in [-0.39, 0.29) is 10.9 Å². The van der Waals surface area contributed by atoms with Crippen LogP contribution in [0.25, 0.3) is 0 Å². The monoisotopic (exact) mass is 266 g/mol. The summed E-state index contributed by atoms with van der Waals surface area (Å²) in [5.74, 6) is 0.979. The fourth-order valence-corrected chi connectivity index (χ4v) is 5.20. The fourth-order valence-electron chi connectivity index (χ4n) is 2.16. The summed E-state index contributed by atoms with van der Waals surface area (Å²) in [5.41, 5.74) is 0. The Hall–Kier alpha value is 0.180. The lowest BCUT2D eigenvalue weighted by molar-refractivity contribution is 0.0920. The maximum Gasteiger partial charge on any atom is 0.281 e. The SMILES string of the molecule is CO[C@@H]1CSC2(C1)CN(S(=O)(=O)N(C)C)C2. The molecule has 0 bridgehead atoms. The van der Waals surface area contributed by atoms with Crippen molar-refractivity contribution in [2.45, 2.75) is 17.3 Å². The Balaban J connectivity index is 1.96. The van der Waals surface area contributed by atoms with E-state index in [0.29, 0.717) is 13.1 Å². The first kappa shape index (κ1) is 12.6. The van der Waals surface area contributed by atoms with E-state index in [4.69, 9.17) is 4.74 Å². The van der Waals surface area contributed by atoms with Gasteiger partial charge in [0.2, 0.25) is 0 Å². The highest BCUT2D eigenvalue weighted by molar-refractivity contribution is 8.01. The normalized spacial score (nSPS) is 29.9. The highest BCUT2D eigenvalue weighted by Crippen LogP contribution is 2.46. The second-order valence-corrected chi connectivity index (χ2v) is 8.24. The molecule has 5 nitrogen and oxygen atoms in total. The number of hydrogen-bond donors (Lipinski definition) is 0. The Labute approximate surface area is 101 Å². The Morgan fingerprint density at radius 1 is 1.44 bits per heavy atom. The van der Waals surface area contributed by atoms with Gasteiger partial charge in [-0.25, -0.2) is 0 Å². The lowest BCUT2D eigenvalue weighted by Gasteiger charge is -2.46. The topological polar surface area (TPSA) is 49.9 Å². The maximum absolute atomic E-state index is 11.8. The molecule has 0 aliphatic carbocycles. The van der Waals surface area contributed by atoms with E-state index in [2.05, 4.69) is 0 Å². The second kappa shape index (κ2) is 4.13. The summed E-state index contributed by atoms with van der Waals surface area (Å²) in [4.78, 5) is 0. The molecule has 2 fully saturated rings. The quantitative estimate of drug-likeness (QED) is 0.721. The van der Waals surface area contributed by atoms with E-state index in [0.717, 1.165) is 12.2 Å². The molecule has 0 amide bonds. The van der Waals surface area contributed by atoms with Gasteiger partial charge in [0.1, 0.15) is 0 Å². The molecule has 2 heterocycles. The summed E-state index contributed by atoms with van der Waals surface area (Å²) in [7, 11) is 1.64. The van der Waals surface area contributed by atoms with Crippen LogP contribution in [0.3, 0.4) is 0 Å². The standard InChI is InChI=1S/C9H18N2O3S2/c1-10(2)16(12,13)11-6-9(7-11)4-8(14-3)5-15-9/h8H,4-7H2,1-3H3/t8-/m0/s1. The van der Waals surface area contributed by atoms with Gasteiger partial charge >= 0.3 is 0 Å². The third-order valence-corrected chi connectivity index (χ3v) is 6.63. The van der Waals surface area contributed by atoms with E-state index >= 15 is 0 Å². The van der Waals surface area contributed by atoms with Crippen molar-refractivity contribution < 1.29 is 13.2 Å². The molecule has 1 spiro atoms. The summed E-state index contributed by atoms with van der Waals surface area (Å²) >= 11 is 1.85. The Kier molecular flexibility index (Phi) is 3.26. The lowest BCUT2D eigenvalue weighted by Crippen LogP contribution is -2.62. The molecule has 94 valence electrons. The molecule has 2 rings (SSSR count). The van der Waals surface area contributed by atoms with Crippen molar-refractivity contribution in [3.63, 3.8) is 0 Å². The number of nitrogens with zero attached hydrogens (tertiary/aromatic N) is 2. The first-order chi connectivity index (χ1) is 7.39. The summed E-state index contributed by atoms with van der Waals surface area (Å²) in [5, 5.41) is 0. The lowest BCUT2D eigenvalue weighted by atomic mass is 9.96. The van der Waals surface area contributed by atoms with Gasteiger partial charge in [-0.2, -0.15) is 17.0 Å². The van der Waals surface area contributed by atoms with Crippen molar-refractivity contribution in [1.29, 1.82) is 0 Å². The molecule has 0 aromatic rings. The number of hydrogen-bond acceptors (Lipinski definition) is 4. The van der Waals surface area contributed by atoms with Gasteiger partial charge in [-0.05, 0) is 6.42 Å². The van der Waals surface area contributed by atoms with Crippen LogP contribution in [0.4, 0.5) is 0 Å². The molecule has 7 heteroatoms. The number of methoxy groups -OCH3 is 1. The molecular formula is C9H18N2O3S2. The van der Waals surface area contributed by atoms with Gasteiger partial charge in [-0.15, -0.1) is 11.8 Å². The van der Waals surface area contributed by atoms with Gasteiger partial charge in [-0.1, -0.05) is 0 Å². The van der Waals surface area contributed by atoms with Gasteiger partial charge < -0.3 is 4.74 Å². The van der Waals surface area contributed by atoms with Gasteiger partial charge in [0.05, 0.1) is 6.10 Å². The minimum atomic E-state index is -3.22. The first-order valence-electron chi connectivity index (χ1n) is 5.24. The average Bonchev–Trinajstić information content (AvgIpc) is 2.59. The van der Waals surface area contributed by atoms with E-state index in [1.54, 1.807) is 21.2 Å². The molecule has 2 saturated heterocycles. The van der Waals surface area contributed by atoms with Crippen LogP contribution in [0.1, 0.15) is 6.42 Å². The highest BCUT2D eigenvalue weighted by atomic mass is 32.2. The summed E-state index contributed by atoms with van der Waals surface area (Å²) in [6, 6.07) is 0. The third kappa shape index (κ3) is 1.99. The van der Waals surface area contributed by atoms with Gasteiger partial charge in [0, 0.05) is 44.8 Å². The maximum atomic E-state index is 11.8. The molecule has 0 unspecified atom stereocenters. The molecule has 0 aromatic heterocycles. The zero-order chi connectivity index (χ0) is 12.0. The van der Waals surface area contributed by atoms with Crippen LogP contribution in [0.15, 0.2) is 0 Å². The largest absolute Gasteiger partial charge is 0.381 e. The molecule has 16 heavy (non-hydrogen) atoms. The Morgan fingerprint density at radius 2 is 2.06 bits per heavy atom. The molecule has 2 aliphatic rings. The van der Waals surface area contributed by atoms with Crippen molar-refractivity contribution in [3.8, 4) is 0 Å². The van der Waals surface area contributed by atoms with Crippen molar-refractivity contribution in [3.05, 3.63) is 0 Å². The van der Waals surface area contributed by atoms with Crippen LogP contribution in [-0.4, -0.2) is 67.9 Å². The predicted octanol–water partition coefficient (Wildman–Crippen LogP) is -0.000900. The summed E-state index contributed by atoms with van der Waals surface area (Å²) in [6.07, 6.45) is 1.25. The van der Waals surface area contributed by atoms with Crippen molar-refractivity contribution in [1.82, 2.24) is 8.61 Å². The minimum Gasteiger partial charge on any atom is -0.381 e. The first-order valence-corrected chi connectivity index (χ1v) is 7.62. The molecule has 0 saturated carbocycles. The fraction of sp³-hybridized carbons (Fsp3) is 1.00. The van der Waals surface area contributed by atoms with E-state index in [1.165, 1.54) is 8.61 Å². The summed E-state index contributed by atoms with van der Waals surface area (Å²) < 4.78 is 31.9. The zero-order valence-electron chi connectivity index (χ0n) is 9.84. The van der Waals surface area contributed by atoms with Crippen molar-refractivity contribution in [2.75, 3.05) is 40.0 Å². The Bertz CT molecular complexity index is 363. The average molecular weight is 266 g/mol. The van der Waals surface area contributed by atoms with Gasteiger partial charge in [0.25, 0.3) is 10.2 Å². The van der Waals surface area contributed by atoms with Gasteiger partial charge in [0.15, 0.2) is 0 Å². The second-order valence-electron chi connectivity index (χ2n) is 4.61. The third-order valence-electron chi connectivity index (χ3n) is 3.23. The van der Waals surface area contributed by atoms with Crippen LogP contribution < -0.4 is 0 Å². The Morgan fingerprint density at radius 3 is 2.50 bits per heavy atom. The van der Waals surface area contributed by atoms with E-state index in [1.807, 2.05) is 11.8 Å². The molecule has 0 N–H and O–H groups in total. The number of thioether (sulfide) groups is 1.